The lowest BCUT2D eigenvalue weighted by molar-refractivity contribution is 0.201. The van der Waals surface area contributed by atoms with Gasteiger partial charge in [0.05, 0.1) is 6.10 Å². The number of halogens is 1. The first-order valence-electron chi connectivity index (χ1n) is 8.93. The molecule has 1 atom stereocenters. The van der Waals surface area contributed by atoms with Gasteiger partial charge in [-0.1, -0.05) is 18.2 Å². The van der Waals surface area contributed by atoms with Crippen LogP contribution in [-0.4, -0.2) is 22.2 Å². The third-order valence-corrected chi connectivity index (χ3v) is 4.81. The van der Waals surface area contributed by atoms with Gasteiger partial charge in [0.15, 0.2) is 11.5 Å². The van der Waals surface area contributed by atoms with Gasteiger partial charge < -0.3 is 9.84 Å². The summed E-state index contributed by atoms with van der Waals surface area (Å²) in [6.07, 6.45) is 1.89. The van der Waals surface area contributed by atoms with E-state index in [0.29, 0.717) is 18.3 Å². The number of aryl methyl sites for hydroxylation is 1. The molecule has 134 valence electrons. The molecule has 4 heteroatoms. The van der Waals surface area contributed by atoms with Crippen LogP contribution in [0.5, 0.6) is 11.5 Å². The average molecular weight is 343 g/mol. The fraction of sp³-hybridized carbons (Fsp3) is 0.429. The molecule has 1 unspecified atom stereocenters. The third kappa shape index (κ3) is 4.13. The van der Waals surface area contributed by atoms with Gasteiger partial charge in [-0.25, -0.2) is 4.39 Å². The Morgan fingerprint density at radius 3 is 2.68 bits per heavy atom. The SMILES string of the molecule is CC(C)Oc1cc(CCC(C)N2Cc3cccc(F)c3C2)ccc1O. The molecule has 0 bridgehead atoms. The average Bonchev–Trinajstić information content (AvgIpc) is 3.00. The Bertz CT molecular complexity index is 745. The monoisotopic (exact) mass is 343 g/mol. The van der Waals surface area contributed by atoms with Crippen LogP contribution in [-0.2, 0) is 19.5 Å². The van der Waals surface area contributed by atoms with E-state index < -0.39 is 0 Å². The summed E-state index contributed by atoms with van der Waals surface area (Å²) in [7, 11) is 0. The molecule has 0 aliphatic carbocycles. The van der Waals surface area contributed by atoms with Gasteiger partial charge in [0.25, 0.3) is 0 Å². The number of phenols is 1. The Balaban J connectivity index is 1.60. The van der Waals surface area contributed by atoms with Crippen LogP contribution in [0.1, 0.15) is 43.9 Å². The molecule has 0 aromatic heterocycles. The van der Waals surface area contributed by atoms with Gasteiger partial charge in [-0.2, -0.15) is 0 Å². The molecule has 25 heavy (non-hydrogen) atoms. The van der Waals surface area contributed by atoms with Gasteiger partial charge in [0, 0.05) is 24.7 Å². The fourth-order valence-electron chi connectivity index (χ4n) is 3.34. The molecule has 2 aromatic rings. The second kappa shape index (κ2) is 7.44. The van der Waals surface area contributed by atoms with Crippen LogP contribution in [0.3, 0.4) is 0 Å². The van der Waals surface area contributed by atoms with E-state index in [1.54, 1.807) is 18.2 Å². The molecule has 1 aliphatic rings. The topological polar surface area (TPSA) is 32.7 Å². The minimum Gasteiger partial charge on any atom is -0.504 e. The van der Waals surface area contributed by atoms with Crippen LogP contribution in [0.25, 0.3) is 0 Å². The molecule has 0 fully saturated rings. The molecule has 0 spiro atoms. The second-order valence-corrected chi connectivity index (χ2v) is 7.14. The van der Waals surface area contributed by atoms with Crippen molar-refractivity contribution in [1.29, 1.82) is 0 Å². The van der Waals surface area contributed by atoms with Gasteiger partial charge in [-0.3, -0.25) is 4.90 Å². The highest BCUT2D eigenvalue weighted by Gasteiger charge is 2.25. The van der Waals surface area contributed by atoms with E-state index in [0.717, 1.165) is 36.1 Å². The largest absolute Gasteiger partial charge is 0.504 e. The van der Waals surface area contributed by atoms with Crippen molar-refractivity contribution in [3.05, 3.63) is 58.9 Å². The number of nitrogens with zero attached hydrogens (tertiary/aromatic N) is 1. The quantitative estimate of drug-likeness (QED) is 0.828. The zero-order valence-electron chi connectivity index (χ0n) is 15.1. The first-order valence-corrected chi connectivity index (χ1v) is 8.93. The minimum atomic E-state index is -0.0961. The lowest BCUT2D eigenvalue weighted by atomic mass is 10.0. The molecule has 0 amide bonds. The number of phenolic OH excluding ortho intramolecular Hbond substituents is 1. The van der Waals surface area contributed by atoms with E-state index in [2.05, 4.69) is 11.8 Å². The van der Waals surface area contributed by atoms with E-state index in [4.69, 9.17) is 4.74 Å². The van der Waals surface area contributed by atoms with Crippen molar-refractivity contribution in [3.8, 4) is 11.5 Å². The van der Waals surface area contributed by atoms with Gasteiger partial charge in [0.2, 0.25) is 0 Å². The van der Waals surface area contributed by atoms with E-state index in [1.807, 2.05) is 32.0 Å². The summed E-state index contributed by atoms with van der Waals surface area (Å²) in [5, 5.41) is 9.89. The lowest BCUT2D eigenvalue weighted by Crippen LogP contribution is -2.28. The second-order valence-electron chi connectivity index (χ2n) is 7.14. The number of benzene rings is 2. The summed E-state index contributed by atoms with van der Waals surface area (Å²) in [6, 6.07) is 11.2. The molecule has 3 nitrogen and oxygen atoms in total. The summed E-state index contributed by atoms with van der Waals surface area (Å²) >= 11 is 0. The molecule has 1 heterocycles. The maximum absolute atomic E-state index is 13.9. The molecule has 3 rings (SSSR count). The van der Waals surface area contributed by atoms with Gasteiger partial charge in [0.1, 0.15) is 5.82 Å². The van der Waals surface area contributed by atoms with Crippen molar-refractivity contribution < 1.29 is 14.2 Å². The number of rotatable bonds is 6. The molecule has 0 saturated carbocycles. The molecule has 1 N–H and O–H groups in total. The lowest BCUT2D eigenvalue weighted by Gasteiger charge is -2.24. The fourth-order valence-corrected chi connectivity index (χ4v) is 3.34. The third-order valence-electron chi connectivity index (χ3n) is 4.81. The van der Waals surface area contributed by atoms with Crippen LogP contribution in [0.15, 0.2) is 36.4 Å². The van der Waals surface area contributed by atoms with Crippen LogP contribution in [0.2, 0.25) is 0 Å². The zero-order chi connectivity index (χ0) is 18.0. The van der Waals surface area contributed by atoms with Crippen molar-refractivity contribution in [2.24, 2.45) is 0 Å². The summed E-state index contributed by atoms with van der Waals surface area (Å²) in [5.74, 6) is 0.618. The van der Waals surface area contributed by atoms with E-state index in [9.17, 15) is 9.50 Å². The van der Waals surface area contributed by atoms with Crippen molar-refractivity contribution in [2.75, 3.05) is 0 Å². The number of aromatic hydroxyl groups is 1. The predicted octanol–water partition coefficient (Wildman–Crippen LogP) is 4.66. The van der Waals surface area contributed by atoms with Crippen molar-refractivity contribution in [1.82, 2.24) is 4.90 Å². The standard InChI is InChI=1S/C21H26FNO2/c1-14(2)25-21-11-16(9-10-20(21)24)8-7-15(3)23-12-17-5-4-6-19(22)18(17)13-23/h4-6,9-11,14-15,24H,7-8,12-13H2,1-3H3. The highest BCUT2D eigenvalue weighted by molar-refractivity contribution is 5.42. The Labute approximate surface area is 149 Å². The predicted molar refractivity (Wildman–Crippen MR) is 97.3 cm³/mol. The number of hydrogen-bond acceptors (Lipinski definition) is 3. The summed E-state index contributed by atoms with van der Waals surface area (Å²) in [5.41, 5.74) is 3.08. The smallest absolute Gasteiger partial charge is 0.161 e. The Hall–Kier alpha value is -2.07. The molecule has 1 aliphatic heterocycles. The Morgan fingerprint density at radius 2 is 1.96 bits per heavy atom. The first-order chi connectivity index (χ1) is 11.9. The van der Waals surface area contributed by atoms with Gasteiger partial charge in [-0.05, 0) is 62.9 Å². The van der Waals surface area contributed by atoms with Crippen molar-refractivity contribution in [3.63, 3.8) is 0 Å². The van der Waals surface area contributed by atoms with Crippen LogP contribution >= 0.6 is 0 Å². The molecular formula is C21H26FNO2. The van der Waals surface area contributed by atoms with Crippen LogP contribution in [0, 0.1) is 5.82 Å². The molecule has 0 saturated heterocycles. The molecule has 2 aromatic carbocycles. The molecular weight excluding hydrogens is 317 g/mol. The number of ether oxygens (including phenoxy) is 1. The van der Waals surface area contributed by atoms with Crippen molar-refractivity contribution in [2.45, 2.75) is 58.8 Å². The number of hydrogen-bond donors (Lipinski definition) is 1. The van der Waals surface area contributed by atoms with Crippen molar-refractivity contribution >= 4 is 0 Å². The number of fused-ring (bicyclic) bond motifs is 1. The highest BCUT2D eigenvalue weighted by atomic mass is 19.1. The van der Waals surface area contributed by atoms with Crippen LogP contribution < -0.4 is 4.74 Å². The van der Waals surface area contributed by atoms with E-state index in [-0.39, 0.29) is 17.7 Å². The summed E-state index contributed by atoms with van der Waals surface area (Å²) in [6.45, 7) is 7.57. The van der Waals surface area contributed by atoms with Crippen LogP contribution in [0.4, 0.5) is 4.39 Å². The maximum atomic E-state index is 13.9. The summed E-state index contributed by atoms with van der Waals surface area (Å²) in [4.78, 5) is 2.32. The Kier molecular flexibility index (Phi) is 5.28. The maximum Gasteiger partial charge on any atom is 0.161 e. The Morgan fingerprint density at radius 1 is 1.16 bits per heavy atom. The van der Waals surface area contributed by atoms with Gasteiger partial charge in [-0.15, -0.1) is 0 Å². The molecule has 0 radical (unpaired) electrons. The normalized spacial score (nSPS) is 15.4. The van der Waals surface area contributed by atoms with Gasteiger partial charge >= 0.3 is 0 Å². The zero-order valence-corrected chi connectivity index (χ0v) is 15.1. The first kappa shape index (κ1) is 17.7. The minimum absolute atomic E-state index is 0.0260. The van der Waals surface area contributed by atoms with E-state index in [1.165, 1.54) is 0 Å². The summed E-state index contributed by atoms with van der Waals surface area (Å²) < 4.78 is 19.5. The highest BCUT2D eigenvalue weighted by Crippen LogP contribution is 2.30. The van der Waals surface area contributed by atoms with E-state index >= 15 is 0 Å².